The van der Waals surface area contributed by atoms with Gasteiger partial charge in [-0.1, -0.05) is 0 Å². The topological polar surface area (TPSA) is 101 Å². The largest absolute Gasteiger partial charge is 0.326 e. The maximum Gasteiger partial charge on any atom is 0.242 e. The van der Waals surface area contributed by atoms with E-state index in [1.165, 1.54) is 11.3 Å². The van der Waals surface area contributed by atoms with Gasteiger partial charge in [-0.25, -0.2) is 13.1 Å². The SMILES string of the molecule is Cc1[nH]ncc1CNS(=O)(=O)c1cc(CN)sc1Br. The lowest BCUT2D eigenvalue weighted by Gasteiger charge is -2.04. The Kier molecular flexibility index (Phi) is 4.41. The number of aryl methyl sites for hydroxylation is 1. The van der Waals surface area contributed by atoms with Crippen molar-refractivity contribution < 1.29 is 8.42 Å². The Hall–Kier alpha value is -0.740. The highest BCUT2D eigenvalue weighted by Gasteiger charge is 2.20. The fourth-order valence-corrected chi connectivity index (χ4v) is 5.05. The van der Waals surface area contributed by atoms with Crippen LogP contribution in [0.1, 0.15) is 16.1 Å². The number of nitrogens with two attached hydrogens (primary N) is 1. The van der Waals surface area contributed by atoms with E-state index in [2.05, 4.69) is 30.8 Å². The molecule has 0 atom stereocenters. The summed E-state index contributed by atoms with van der Waals surface area (Å²) in [6, 6.07) is 1.58. The molecule has 19 heavy (non-hydrogen) atoms. The molecule has 0 unspecified atom stereocenters. The van der Waals surface area contributed by atoms with E-state index in [0.717, 1.165) is 16.1 Å². The second-order valence-corrected chi connectivity index (χ2v) is 8.09. The monoisotopic (exact) mass is 364 g/mol. The number of sulfonamides is 1. The maximum atomic E-state index is 12.2. The quantitative estimate of drug-likeness (QED) is 0.747. The Morgan fingerprint density at radius 2 is 2.32 bits per heavy atom. The van der Waals surface area contributed by atoms with Gasteiger partial charge in [-0.2, -0.15) is 5.10 Å². The van der Waals surface area contributed by atoms with Crippen LogP contribution in [-0.2, 0) is 23.1 Å². The minimum atomic E-state index is -3.56. The zero-order chi connectivity index (χ0) is 14.0. The Balaban J connectivity index is 2.18. The van der Waals surface area contributed by atoms with Crippen LogP contribution in [0.15, 0.2) is 20.9 Å². The van der Waals surface area contributed by atoms with E-state index in [4.69, 9.17) is 5.73 Å². The molecule has 2 aromatic rings. The summed E-state index contributed by atoms with van der Waals surface area (Å²) in [6.07, 6.45) is 1.60. The fourth-order valence-electron chi connectivity index (χ4n) is 1.49. The average molecular weight is 365 g/mol. The molecule has 0 spiro atoms. The van der Waals surface area contributed by atoms with Crippen molar-refractivity contribution in [1.29, 1.82) is 0 Å². The number of nitrogens with zero attached hydrogens (tertiary/aromatic N) is 1. The van der Waals surface area contributed by atoms with Crippen molar-refractivity contribution in [3.63, 3.8) is 0 Å². The van der Waals surface area contributed by atoms with Gasteiger partial charge in [0.25, 0.3) is 0 Å². The zero-order valence-electron chi connectivity index (χ0n) is 10.1. The summed E-state index contributed by atoms with van der Waals surface area (Å²) in [7, 11) is -3.56. The smallest absolute Gasteiger partial charge is 0.242 e. The molecule has 2 aromatic heterocycles. The first-order valence-corrected chi connectivity index (χ1v) is 8.50. The third-order valence-corrected chi connectivity index (χ3v) is 6.26. The molecule has 0 aliphatic heterocycles. The molecule has 0 aliphatic carbocycles. The summed E-state index contributed by atoms with van der Waals surface area (Å²) in [4.78, 5) is 1.03. The summed E-state index contributed by atoms with van der Waals surface area (Å²) in [6.45, 7) is 2.36. The van der Waals surface area contributed by atoms with Crippen LogP contribution < -0.4 is 10.5 Å². The number of hydrogen-bond donors (Lipinski definition) is 3. The standard InChI is InChI=1S/C10H13BrN4O2S2/c1-6-7(4-13-15-6)5-14-19(16,17)9-2-8(3-12)18-10(9)11/h2,4,14H,3,5,12H2,1H3,(H,13,15). The van der Waals surface area contributed by atoms with Crippen molar-refractivity contribution in [2.24, 2.45) is 5.73 Å². The van der Waals surface area contributed by atoms with Crippen LogP contribution >= 0.6 is 27.3 Å². The predicted molar refractivity (Wildman–Crippen MR) is 77.3 cm³/mol. The van der Waals surface area contributed by atoms with Crippen molar-refractivity contribution in [3.05, 3.63) is 32.2 Å². The molecule has 0 aliphatic rings. The number of hydrogen-bond acceptors (Lipinski definition) is 5. The van der Waals surface area contributed by atoms with E-state index < -0.39 is 10.0 Å². The van der Waals surface area contributed by atoms with Crippen LogP contribution in [0, 0.1) is 6.92 Å². The first kappa shape index (κ1) is 14.7. The van der Waals surface area contributed by atoms with E-state index in [9.17, 15) is 8.42 Å². The highest BCUT2D eigenvalue weighted by molar-refractivity contribution is 9.11. The molecule has 0 saturated carbocycles. The fraction of sp³-hybridized carbons (Fsp3) is 0.300. The summed E-state index contributed by atoms with van der Waals surface area (Å²) in [5.41, 5.74) is 7.16. The lowest BCUT2D eigenvalue weighted by molar-refractivity contribution is 0.581. The molecule has 0 saturated heterocycles. The van der Waals surface area contributed by atoms with Crippen LogP contribution in [0.2, 0.25) is 0 Å². The summed E-state index contributed by atoms with van der Waals surface area (Å²) < 4.78 is 27.5. The normalized spacial score (nSPS) is 11.9. The molecule has 0 amide bonds. The first-order valence-electron chi connectivity index (χ1n) is 5.41. The Bertz CT molecular complexity index is 678. The lowest BCUT2D eigenvalue weighted by atomic mass is 10.3. The molecule has 0 aromatic carbocycles. The number of nitrogens with one attached hydrogen (secondary N) is 2. The third-order valence-electron chi connectivity index (χ3n) is 2.58. The highest BCUT2D eigenvalue weighted by Crippen LogP contribution is 2.31. The Morgan fingerprint density at radius 1 is 1.58 bits per heavy atom. The van der Waals surface area contributed by atoms with Gasteiger partial charge in [-0.05, 0) is 28.9 Å². The number of rotatable bonds is 5. The van der Waals surface area contributed by atoms with Gasteiger partial charge in [0.1, 0.15) is 4.90 Å². The number of aromatic nitrogens is 2. The van der Waals surface area contributed by atoms with Crippen LogP contribution in [0.5, 0.6) is 0 Å². The van der Waals surface area contributed by atoms with Gasteiger partial charge >= 0.3 is 0 Å². The summed E-state index contributed by atoms with van der Waals surface area (Å²) >= 11 is 4.57. The molecular formula is C10H13BrN4O2S2. The molecule has 4 N–H and O–H groups in total. The molecule has 2 rings (SSSR count). The third kappa shape index (κ3) is 3.23. The van der Waals surface area contributed by atoms with Gasteiger partial charge in [0, 0.05) is 29.2 Å². The van der Waals surface area contributed by atoms with Crippen LogP contribution in [0.4, 0.5) is 0 Å². The predicted octanol–water partition coefficient (Wildman–Crippen LogP) is 1.48. The number of thiophene rings is 1. The van der Waals surface area contributed by atoms with Crippen molar-refractivity contribution in [3.8, 4) is 0 Å². The van der Waals surface area contributed by atoms with Gasteiger partial charge < -0.3 is 5.73 Å². The summed E-state index contributed by atoms with van der Waals surface area (Å²) in [5.74, 6) is 0. The van der Waals surface area contributed by atoms with Crippen molar-refractivity contribution >= 4 is 37.3 Å². The van der Waals surface area contributed by atoms with Crippen LogP contribution in [-0.4, -0.2) is 18.6 Å². The minimum absolute atomic E-state index is 0.199. The second-order valence-electron chi connectivity index (χ2n) is 3.90. The van der Waals surface area contributed by atoms with Crippen molar-refractivity contribution in [2.75, 3.05) is 0 Å². The molecule has 104 valence electrons. The van der Waals surface area contributed by atoms with Gasteiger partial charge in [-0.3, -0.25) is 5.10 Å². The van der Waals surface area contributed by atoms with Crippen molar-refractivity contribution in [1.82, 2.24) is 14.9 Å². The van der Waals surface area contributed by atoms with E-state index in [0.29, 0.717) is 10.3 Å². The molecule has 0 bridgehead atoms. The van der Waals surface area contributed by atoms with E-state index in [-0.39, 0.29) is 11.4 Å². The average Bonchev–Trinajstić information content (AvgIpc) is 2.93. The molecule has 0 radical (unpaired) electrons. The van der Waals surface area contributed by atoms with Gasteiger partial charge in [-0.15, -0.1) is 11.3 Å². The lowest BCUT2D eigenvalue weighted by Crippen LogP contribution is -2.23. The Labute approximate surface area is 123 Å². The van der Waals surface area contributed by atoms with Gasteiger partial charge in [0.2, 0.25) is 10.0 Å². The highest BCUT2D eigenvalue weighted by atomic mass is 79.9. The zero-order valence-corrected chi connectivity index (χ0v) is 13.3. The Morgan fingerprint density at radius 3 is 2.84 bits per heavy atom. The maximum absolute atomic E-state index is 12.2. The number of aromatic amines is 1. The molecular weight excluding hydrogens is 352 g/mol. The molecule has 6 nitrogen and oxygen atoms in total. The second kappa shape index (κ2) is 5.71. The van der Waals surface area contributed by atoms with Gasteiger partial charge in [0.15, 0.2) is 0 Å². The van der Waals surface area contributed by atoms with Crippen LogP contribution in [0.25, 0.3) is 0 Å². The molecule has 0 fully saturated rings. The molecule has 9 heteroatoms. The molecule has 2 heterocycles. The minimum Gasteiger partial charge on any atom is -0.326 e. The van der Waals surface area contributed by atoms with Crippen molar-refractivity contribution in [2.45, 2.75) is 24.9 Å². The summed E-state index contributed by atoms with van der Waals surface area (Å²) in [5, 5.41) is 6.61. The van der Waals surface area contributed by atoms with E-state index in [1.807, 2.05) is 6.92 Å². The van der Waals surface area contributed by atoms with Gasteiger partial charge in [0.05, 0.1) is 9.98 Å². The number of halogens is 1. The van der Waals surface area contributed by atoms with Crippen LogP contribution in [0.3, 0.4) is 0 Å². The number of H-pyrrole nitrogens is 1. The van der Waals surface area contributed by atoms with E-state index >= 15 is 0 Å². The van der Waals surface area contributed by atoms with E-state index in [1.54, 1.807) is 12.3 Å². The first-order chi connectivity index (χ1) is 8.94.